The Balaban J connectivity index is 2.37. The Bertz CT molecular complexity index is 462. The molecule has 0 bridgehead atoms. The van der Waals surface area contributed by atoms with Gasteiger partial charge >= 0.3 is 0 Å². The van der Waals surface area contributed by atoms with E-state index in [9.17, 15) is 0 Å². The van der Waals surface area contributed by atoms with Crippen molar-refractivity contribution in [2.24, 2.45) is 0 Å². The Morgan fingerprint density at radius 2 is 1.81 bits per heavy atom. The fraction of sp³-hybridized carbons (Fsp3) is 0.231. The van der Waals surface area contributed by atoms with Gasteiger partial charge in [0.15, 0.2) is 0 Å². The van der Waals surface area contributed by atoms with Gasteiger partial charge in [0.05, 0.1) is 0 Å². The maximum Gasteiger partial charge on any atom is 0.137 e. The van der Waals surface area contributed by atoms with Gasteiger partial charge in [0, 0.05) is 11.6 Å². The molecule has 0 saturated carbocycles. The molecule has 1 aromatic carbocycles. The highest BCUT2D eigenvalue weighted by molar-refractivity contribution is 6.29. The summed E-state index contributed by atoms with van der Waals surface area (Å²) < 4.78 is 0. The first kappa shape index (κ1) is 11.1. The van der Waals surface area contributed by atoms with Crippen LogP contribution >= 0.6 is 11.6 Å². The maximum atomic E-state index is 5.93. The molecule has 2 aromatic rings. The van der Waals surface area contributed by atoms with Gasteiger partial charge in [-0.3, -0.25) is 0 Å². The summed E-state index contributed by atoms with van der Waals surface area (Å²) in [6, 6.07) is 11.9. The Labute approximate surface area is 100 Å². The summed E-state index contributed by atoms with van der Waals surface area (Å²) in [6.07, 6.45) is 0. The SMILES string of the molecule is Cc1cc(Cl)nc(C(C)c2ccccc2)n1. The molecular weight excluding hydrogens is 220 g/mol. The molecule has 0 aliphatic carbocycles. The third-order valence-electron chi connectivity index (χ3n) is 2.53. The van der Waals surface area contributed by atoms with Crippen molar-refractivity contribution < 1.29 is 0 Å². The van der Waals surface area contributed by atoms with Crippen molar-refractivity contribution in [1.82, 2.24) is 9.97 Å². The van der Waals surface area contributed by atoms with E-state index in [0.717, 1.165) is 11.5 Å². The molecular formula is C13H13ClN2. The Hall–Kier alpha value is -1.41. The van der Waals surface area contributed by atoms with Gasteiger partial charge in [-0.1, -0.05) is 48.9 Å². The summed E-state index contributed by atoms with van der Waals surface area (Å²) in [4.78, 5) is 8.68. The minimum absolute atomic E-state index is 0.165. The van der Waals surface area contributed by atoms with Crippen LogP contribution in [0.2, 0.25) is 5.15 Å². The molecule has 3 heteroatoms. The molecule has 1 atom stereocenters. The summed E-state index contributed by atoms with van der Waals surface area (Å²) >= 11 is 5.93. The number of benzene rings is 1. The summed E-state index contributed by atoms with van der Waals surface area (Å²) in [5.41, 5.74) is 2.10. The fourth-order valence-electron chi connectivity index (χ4n) is 1.64. The summed E-state index contributed by atoms with van der Waals surface area (Å²) in [5.74, 6) is 0.940. The van der Waals surface area contributed by atoms with E-state index < -0.39 is 0 Å². The predicted octanol–water partition coefficient (Wildman–Crippen LogP) is 3.59. The van der Waals surface area contributed by atoms with Gasteiger partial charge in [0.25, 0.3) is 0 Å². The zero-order chi connectivity index (χ0) is 11.5. The van der Waals surface area contributed by atoms with E-state index in [0.29, 0.717) is 5.15 Å². The lowest BCUT2D eigenvalue weighted by Gasteiger charge is -2.11. The predicted molar refractivity (Wildman–Crippen MR) is 65.7 cm³/mol. The van der Waals surface area contributed by atoms with Crippen molar-refractivity contribution in [3.8, 4) is 0 Å². The van der Waals surface area contributed by atoms with Crippen molar-refractivity contribution in [2.45, 2.75) is 19.8 Å². The second kappa shape index (κ2) is 4.62. The van der Waals surface area contributed by atoms with E-state index in [1.54, 1.807) is 6.07 Å². The van der Waals surface area contributed by atoms with Crippen LogP contribution in [0.15, 0.2) is 36.4 Å². The first-order valence-electron chi connectivity index (χ1n) is 5.23. The Morgan fingerprint density at radius 3 is 2.44 bits per heavy atom. The van der Waals surface area contributed by atoms with Crippen LogP contribution in [0.25, 0.3) is 0 Å². The van der Waals surface area contributed by atoms with Crippen LogP contribution in [0.1, 0.15) is 29.9 Å². The van der Waals surface area contributed by atoms with Crippen LogP contribution in [0.4, 0.5) is 0 Å². The number of hydrogen-bond acceptors (Lipinski definition) is 2. The molecule has 1 unspecified atom stereocenters. The number of halogens is 1. The molecule has 0 saturated heterocycles. The molecule has 16 heavy (non-hydrogen) atoms. The molecule has 0 aliphatic heterocycles. The third-order valence-corrected chi connectivity index (χ3v) is 2.72. The topological polar surface area (TPSA) is 25.8 Å². The number of hydrogen-bond donors (Lipinski definition) is 0. The minimum Gasteiger partial charge on any atom is -0.237 e. The van der Waals surface area contributed by atoms with Crippen molar-refractivity contribution in [1.29, 1.82) is 0 Å². The van der Waals surface area contributed by atoms with Crippen LogP contribution in [0.3, 0.4) is 0 Å². The maximum absolute atomic E-state index is 5.93. The molecule has 0 spiro atoms. The Morgan fingerprint density at radius 1 is 1.12 bits per heavy atom. The molecule has 0 fully saturated rings. The smallest absolute Gasteiger partial charge is 0.137 e. The summed E-state index contributed by atoms with van der Waals surface area (Å²) in [7, 11) is 0. The van der Waals surface area contributed by atoms with E-state index in [2.05, 4.69) is 29.0 Å². The second-order valence-electron chi connectivity index (χ2n) is 3.82. The molecule has 1 aromatic heterocycles. The highest BCUT2D eigenvalue weighted by Crippen LogP contribution is 2.22. The highest BCUT2D eigenvalue weighted by Gasteiger charge is 2.12. The van der Waals surface area contributed by atoms with Gasteiger partial charge in [-0.25, -0.2) is 9.97 Å². The second-order valence-corrected chi connectivity index (χ2v) is 4.21. The quantitative estimate of drug-likeness (QED) is 0.740. The monoisotopic (exact) mass is 232 g/mol. The summed E-state index contributed by atoms with van der Waals surface area (Å²) in [6.45, 7) is 4.01. The molecule has 2 rings (SSSR count). The number of nitrogens with zero attached hydrogens (tertiary/aromatic N) is 2. The van der Waals surface area contributed by atoms with E-state index >= 15 is 0 Å². The van der Waals surface area contributed by atoms with Gasteiger partial charge in [-0.2, -0.15) is 0 Å². The van der Waals surface area contributed by atoms with E-state index in [4.69, 9.17) is 11.6 Å². The summed E-state index contributed by atoms with van der Waals surface area (Å²) in [5, 5.41) is 0.505. The van der Waals surface area contributed by atoms with Gasteiger partial charge in [0.1, 0.15) is 11.0 Å². The largest absolute Gasteiger partial charge is 0.237 e. The van der Waals surface area contributed by atoms with Crippen molar-refractivity contribution in [2.75, 3.05) is 0 Å². The first-order valence-corrected chi connectivity index (χ1v) is 5.60. The zero-order valence-corrected chi connectivity index (χ0v) is 10.1. The minimum atomic E-state index is 0.165. The van der Waals surface area contributed by atoms with Gasteiger partial charge in [-0.05, 0) is 18.6 Å². The first-order chi connectivity index (χ1) is 7.66. The van der Waals surface area contributed by atoms with E-state index in [-0.39, 0.29) is 5.92 Å². The standard InChI is InChI=1S/C13H13ClN2/c1-9-8-12(14)16-13(15-9)10(2)11-6-4-3-5-7-11/h3-8,10H,1-2H3. The van der Waals surface area contributed by atoms with Crippen LogP contribution in [-0.2, 0) is 0 Å². The van der Waals surface area contributed by atoms with Crippen LogP contribution in [0.5, 0.6) is 0 Å². The highest BCUT2D eigenvalue weighted by atomic mass is 35.5. The average molecular weight is 233 g/mol. The normalized spacial score (nSPS) is 12.4. The van der Waals surface area contributed by atoms with Gasteiger partial charge < -0.3 is 0 Å². The molecule has 2 nitrogen and oxygen atoms in total. The zero-order valence-electron chi connectivity index (χ0n) is 9.31. The van der Waals surface area contributed by atoms with E-state index in [1.165, 1.54) is 5.56 Å². The molecule has 82 valence electrons. The Kier molecular flexibility index (Phi) is 3.20. The number of aromatic nitrogens is 2. The lowest BCUT2D eigenvalue weighted by molar-refractivity contribution is 0.806. The van der Waals surface area contributed by atoms with Crippen LogP contribution in [-0.4, -0.2) is 9.97 Å². The lowest BCUT2D eigenvalue weighted by Crippen LogP contribution is -2.03. The van der Waals surface area contributed by atoms with Crippen molar-refractivity contribution >= 4 is 11.6 Å². The number of aryl methyl sites for hydroxylation is 1. The molecule has 0 N–H and O–H groups in total. The molecule has 0 radical (unpaired) electrons. The van der Waals surface area contributed by atoms with Gasteiger partial charge in [0.2, 0.25) is 0 Å². The van der Waals surface area contributed by atoms with Crippen molar-refractivity contribution in [3.63, 3.8) is 0 Å². The average Bonchev–Trinajstić information content (AvgIpc) is 2.28. The van der Waals surface area contributed by atoms with Gasteiger partial charge in [-0.15, -0.1) is 0 Å². The van der Waals surface area contributed by atoms with Crippen LogP contribution < -0.4 is 0 Å². The number of rotatable bonds is 2. The molecule has 0 aliphatic rings. The molecule has 1 heterocycles. The lowest BCUT2D eigenvalue weighted by atomic mass is 10.0. The fourth-order valence-corrected chi connectivity index (χ4v) is 1.88. The van der Waals surface area contributed by atoms with Crippen LogP contribution in [0, 0.1) is 6.92 Å². The molecule has 0 amide bonds. The third kappa shape index (κ3) is 2.39. The van der Waals surface area contributed by atoms with Crippen molar-refractivity contribution in [3.05, 3.63) is 58.6 Å². The van der Waals surface area contributed by atoms with E-state index in [1.807, 2.05) is 25.1 Å².